The highest BCUT2D eigenvalue weighted by atomic mass is 127. The van der Waals surface area contributed by atoms with E-state index in [2.05, 4.69) is 25.1 Å². The van der Waals surface area contributed by atoms with Gasteiger partial charge in [-0.25, -0.2) is 9.67 Å². The van der Waals surface area contributed by atoms with Crippen LogP contribution in [0.1, 0.15) is 22.5 Å². The Balaban J connectivity index is 0.00000363. The van der Waals surface area contributed by atoms with Crippen LogP contribution >= 0.6 is 24.0 Å². The Morgan fingerprint density at radius 1 is 1.16 bits per heavy atom. The average molecular weight is 556 g/mol. The lowest BCUT2D eigenvalue weighted by Gasteiger charge is -2.22. The number of halogens is 3. The standard InChI is InChI=1S/C22H26F2N6O.HI/c1-15-11-16(2)30(28-15)20-10-7-18(12-26-20)13-27-22(25-3)29(4)14-17-5-8-19(9-6-17)31-21(23)24;/h5-12,21H,13-14H2,1-4H3,(H,25,27);1H. The first-order chi connectivity index (χ1) is 14.9. The van der Waals surface area contributed by atoms with Crippen LogP contribution in [0.25, 0.3) is 5.82 Å². The van der Waals surface area contributed by atoms with Crippen LogP contribution in [-0.2, 0) is 13.1 Å². The van der Waals surface area contributed by atoms with Crippen LogP contribution in [0.5, 0.6) is 5.75 Å². The lowest BCUT2D eigenvalue weighted by molar-refractivity contribution is -0.0498. The van der Waals surface area contributed by atoms with Gasteiger partial charge in [0.1, 0.15) is 5.75 Å². The monoisotopic (exact) mass is 556 g/mol. The van der Waals surface area contributed by atoms with Crippen molar-refractivity contribution in [2.24, 2.45) is 4.99 Å². The fraction of sp³-hybridized carbons (Fsp3) is 0.318. The van der Waals surface area contributed by atoms with Crippen LogP contribution in [0, 0.1) is 13.8 Å². The van der Waals surface area contributed by atoms with E-state index in [1.54, 1.807) is 19.2 Å². The lowest BCUT2D eigenvalue weighted by Crippen LogP contribution is -2.38. The predicted molar refractivity (Wildman–Crippen MR) is 131 cm³/mol. The summed E-state index contributed by atoms with van der Waals surface area (Å²) in [5.41, 5.74) is 3.94. The second-order valence-electron chi connectivity index (χ2n) is 7.14. The number of hydrogen-bond donors (Lipinski definition) is 1. The van der Waals surface area contributed by atoms with Crippen molar-refractivity contribution in [1.82, 2.24) is 25.0 Å². The molecule has 0 aliphatic carbocycles. The molecule has 1 N–H and O–H groups in total. The number of nitrogens with one attached hydrogen (secondary N) is 1. The first-order valence-corrected chi connectivity index (χ1v) is 9.80. The van der Waals surface area contributed by atoms with Crippen molar-refractivity contribution in [2.75, 3.05) is 14.1 Å². The number of guanidine groups is 1. The zero-order chi connectivity index (χ0) is 22.4. The molecule has 7 nitrogen and oxygen atoms in total. The number of pyridine rings is 1. The third-order valence-electron chi connectivity index (χ3n) is 4.63. The van der Waals surface area contributed by atoms with Gasteiger partial charge in [-0.1, -0.05) is 18.2 Å². The van der Waals surface area contributed by atoms with Gasteiger partial charge >= 0.3 is 6.61 Å². The molecule has 2 heterocycles. The molecule has 0 aliphatic rings. The molecule has 2 aromatic heterocycles. The van der Waals surface area contributed by atoms with E-state index in [4.69, 9.17) is 0 Å². The average Bonchev–Trinajstić information content (AvgIpc) is 3.08. The van der Waals surface area contributed by atoms with Crippen molar-refractivity contribution in [1.29, 1.82) is 0 Å². The van der Waals surface area contributed by atoms with Crippen molar-refractivity contribution in [3.8, 4) is 11.6 Å². The van der Waals surface area contributed by atoms with Crippen LogP contribution < -0.4 is 10.1 Å². The molecule has 0 amide bonds. The molecule has 3 aromatic rings. The summed E-state index contributed by atoms with van der Waals surface area (Å²) in [5.74, 6) is 1.62. The summed E-state index contributed by atoms with van der Waals surface area (Å²) in [6, 6.07) is 12.5. The summed E-state index contributed by atoms with van der Waals surface area (Å²) in [4.78, 5) is 10.8. The van der Waals surface area contributed by atoms with Gasteiger partial charge in [-0.15, -0.1) is 24.0 Å². The van der Waals surface area contributed by atoms with Crippen molar-refractivity contribution in [3.63, 3.8) is 0 Å². The normalized spacial score (nSPS) is 11.3. The Labute approximate surface area is 203 Å². The Morgan fingerprint density at radius 3 is 2.38 bits per heavy atom. The predicted octanol–water partition coefficient (Wildman–Crippen LogP) is 4.31. The van der Waals surface area contributed by atoms with E-state index in [9.17, 15) is 8.78 Å². The molecule has 10 heteroatoms. The maximum absolute atomic E-state index is 12.3. The Bertz CT molecular complexity index is 1020. The number of ether oxygens (including phenoxy) is 1. The van der Waals surface area contributed by atoms with Crippen LogP contribution in [0.4, 0.5) is 8.78 Å². The minimum atomic E-state index is -2.83. The smallest absolute Gasteiger partial charge is 0.387 e. The molecule has 32 heavy (non-hydrogen) atoms. The Kier molecular flexibility index (Phi) is 9.36. The molecule has 0 fully saturated rings. The van der Waals surface area contributed by atoms with E-state index in [0.29, 0.717) is 19.0 Å². The molecule has 0 saturated heterocycles. The van der Waals surface area contributed by atoms with E-state index in [0.717, 1.165) is 28.3 Å². The molecule has 1 aromatic carbocycles. The van der Waals surface area contributed by atoms with Crippen LogP contribution in [0.2, 0.25) is 0 Å². The topological polar surface area (TPSA) is 67.6 Å². The first-order valence-electron chi connectivity index (χ1n) is 9.80. The zero-order valence-electron chi connectivity index (χ0n) is 18.4. The number of benzene rings is 1. The van der Waals surface area contributed by atoms with Gasteiger partial charge in [0, 0.05) is 39.1 Å². The Morgan fingerprint density at radius 2 is 1.84 bits per heavy atom. The van der Waals surface area contributed by atoms with Crippen LogP contribution in [0.15, 0.2) is 53.7 Å². The van der Waals surface area contributed by atoms with E-state index >= 15 is 0 Å². The summed E-state index contributed by atoms with van der Waals surface area (Å²) in [6.07, 6.45) is 1.81. The molecule has 0 atom stereocenters. The molecule has 0 saturated carbocycles. The van der Waals surface area contributed by atoms with Gasteiger partial charge in [0.15, 0.2) is 11.8 Å². The number of aromatic nitrogens is 3. The summed E-state index contributed by atoms with van der Waals surface area (Å²) < 4.78 is 30.7. The van der Waals surface area contributed by atoms with E-state index < -0.39 is 6.61 Å². The van der Waals surface area contributed by atoms with Gasteiger partial charge in [0.25, 0.3) is 0 Å². The zero-order valence-corrected chi connectivity index (χ0v) is 20.7. The van der Waals surface area contributed by atoms with E-state index in [-0.39, 0.29) is 29.7 Å². The van der Waals surface area contributed by atoms with E-state index in [1.165, 1.54) is 12.1 Å². The van der Waals surface area contributed by atoms with Gasteiger partial charge in [-0.2, -0.15) is 13.9 Å². The second kappa shape index (κ2) is 11.7. The Hall–Kier alpha value is -2.76. The summed E-state index contributed by atoms with van der Waals surface area (Å²) in [7, 11) is 3.62. The molecule has 0 bridgehead atoms. The van der Waals surface area contributed by atoms with Crippen LogP contribution in [0.3, 0.4) is 0 Å². The van der Waals surface area contributed by atoms with Gasteiger partial charge in [0.05, 0.1) is 5.69 Å². The minimum Gasteiger partial charge on any atom is -0.435 e. The fourth-order valence-electron chi connectivity index (χ4n) is 3.20. The maximum Gasteiger partial charge on any atom is 0.387 e. The summed E-state index contributed by atoms with van der Waals surface area (Å²) in [6.45, 7) is 2.24. The SMILES string of the molecule is CN=C(NCc1ccc(-n2nc(C)cc2C)nc1)N(C)Cc1ccc(OC(F)F)cc1.I. The summed E-state index contributed by atoms with van der Waals surface area (Å²) >= 11 is 0. The van der Waals surface area contributed by atoms with Gasteiger partial charge in [-0.3, -0.25) is 4.99 Å². The highest BCUT2D eigenvalue weighted by Crippen LogP contribution is 2.16. The van der Waals surface area contributed by atoms with Crippen molar-refractivity contribution >= 4 is 29.9 Å². The van der Waals surface area contributed by atoms with Crippen molar-refractivity contribution in [2.45, 2.75) is 33.5 Å². The molecule has 0 radical (unpaired) electrons. The second-order valence-corrected chi connectivity index (χ2v) is 7.14. The summed E-state index contributed by atoms with van der Waals surface area (Å²) in [5, 5.41) is 7.76. The quantitative estimate of drug-likeness (QED) is 0.267. The van der Waals surface area contributed by atoms with Crippen LogP contribution in [-0.4, -0.2) is 46.3 Å². The number of aryl methyl sites for hydroxylation is 2. The van der Waals surface area contributed by atoms with Gasteiger partial charge in [-0.05, 0) is 49.2 Å². The number of aliphatic imine (C=N–C) groups is 1. The number of alkyl halides is 2. The van der Waals surface area contributed by atoms with Gasteiger partial charge in [0.2, 0.25) is 0 Å². The highest BCUT2D eigenvalue weighted by Gasteiger charge is 2.09. The molecule has 0 spiro atoms. The number of hydrogen-bond acceptors (Lipinski definition) is 4. The largest absolute Gasteiger partial charge is 0.435 e. The van der Waals surface area contributed by atoms with Gasteiger partial charge < -0.3 is 15.0 Å². The van der Waals surface area contributed by atoms with E-state index in [1.807, 2.05) is 54.9 Å². The maximum atomic E-state index is 12.3. The molecular formula is C22H27F2IN6O. The molecular weight excluding hydrogens is 529 g/mol. The number of nitrogens with zero attached hydrogens (tertiary/aromatic N) is 5. The molecule has 3 rings (SSSR count). The molecule has 0 aliphatic heterocycles. The van der Waals surface area contributed by atoms with Crippen molar-refractivity contribution in [3.05, 3.63) is 71.2 Å². The highest BCUT2D eigenvalue weighted by molar-refractivity contribution is 14.0. The van der Waals surface area contributed by atoms with Crippen molar-refractivity contribution < 1.29 is 13.5 Å². The minimum absolute atomic E-state index is 0. The number of rotatable bonds is 7. The first kappa shape index (κ1) is 25.5. The lowest BCUT2D eigenvalue weighted by atomic mass is 10.2. The molecule has 0 unspecified atom stereocenters. The third kappa shape index (κ3) is 6.87. The molecule has 172 valence electrons. The third-order valence-corrected chi connectivity index (χ3v) is 4.63. The fourth-order valence-corrected chi connectivity index (χ4v) is 3.20.